The molecule has 0 bridgehead atoms. The first-order valence-electron chi connectivity index (χ1n) is 6.78. The standard InChI is InChI=1S/C15H26BrN3/c1-12(2)17-11-13-6-7-15(14(16)10-13)19(5)9-8-18(3)4/h6-7,10,12,17H,8-9,11H2,1-5H3. The Labute approximate surface area is 126 Å². The Morgan fingerprint density at radius 1 is 1.16 bits per heavy atom. The van der Waals surface area contributed by atoms with Gasteiger partial charge in [0.05, 0.1) is 5.69 Å². The largest absolute Gasteiger partial charge is 0.372 e. The van der Waals surface area contributed by atoms with Gasteiger partial charge in [0.1, 0.15) is 0 Å². The van der Waals surface area contributed by atoms with E-state index in [1.165, 1.54) is 11.3 Å². The third kappa shape index (κ3) is 5.93. The third-order valence-electron chi connectivity index (χ3n) is 3.02. The number of hydrogen-bond donors (Lipinski definition) is 1. The highest BCUT2D eigenvalue weighted by atomic mass is 79.9. The Kier molecular flexibility index (Phi) is 6.83. The highest BCUT2D eigenvalue weighted by molar-refractivity contribution is 9.10. The van der Waals surface area contributed by atoms with E-state index in [1.807, 2.05) is 0 Å². The summed E-state index contributed by atoms with van der Waals surface area (Å²) in [4.78, 5) is 4.48. The first-order valence-corrected chi connectivity index (χ1v) is 7.57. The molecule has 0 atom stereocenters. The minimum atomic E-state index is 0.515. The monoisotopic (exact) mass is 327 g/mol. The molecule has 0 spiro atoms. The van der Waals surface area contributed by atoms with Gasteiger partial charge in [-0.05, 0) is 47.7 Å². The van der Waals surface area contributed by atoms with Gasteiger partial charge in [0, 0.05) is 37.2 Å². The molecule has 0 aromatic heterocycles. The molecule has 0 aliphatic carbocycles. The van der Waals surface area contributed by atoms with Crippen molar-refractivity contribution in [2.45, 2.75) is 26.4 Å². The molecular formula is C15H26BrN3. The van der Waals surface area contributed by atoms with Crippen LogP contribution in [0.15, 0.2) is 22.7 Å². The van der Waals surface area contributed by atoms with Crippen LogP contribution in [0.4, 0.5) is 5.69 Å². The molecule has 0 amide bonds. The Morgan fingerprint density at radius 3 is 2.37 bits per heavy atom. The van der Waals surface area contributed by atoms with Crippen molar-refractivity contribution in [2.75, 3.05) is 39.1 Å². The number of rotatable bonds is 7. The highest BCUT2D eigenvalue weighted by Crippen LogP contribution is 2.26. The summed E-state index contributed by atoms with van der Waals surface area (Å²) in [7, 11) is 6.34. The quantitative estimate of drug-likeness (QED) is 0.830. The lowest BCUT2D eigenvalue weighted by Gasteiger charge is -2.23. The van der Waals surface area contributed by atoms with Crippen LogP contribution in [0.3, 0.4) is 0 Å². The van der Waals surface area contributed by atoms with E-state index in [9.17, 15) is 0 Å². The van der Waals surface area contributed by atoms with Crippen molar-refractivity contribution in [3.8, 4) is 0 Å². The number of benzene rings is 1. The number of hydrogen-bond acceptors (Lipinski definition) is 3. The van der Waals surface area contributed by atoms with Crippen LogP contribution < -0.4 is 10.2 Å². The number of nitrogens with zero attached hydrogens (tertiary/aromatic N) is 2. The Balaban J connectivity index is 2.65. The SMILES string of the molecule is CC(C)NCc1ccc(N(C)CCN(C)C)c(Br)c1. The van der Waals surface area contributed by atoms with Crippen molar-refractivity contribution in [1.82, 2.24) is 10.2 Å². The van der Waals surface area contributed by atoms with Crippen molar-refractivity contribution in [1.29, 1.82) is 0 Å². The predicted octanol–water partition coefficient (Wildman–Crippen LogP) is 2.94. The zero-order chi connectivity index (χ0) is 14.4. The van der Waals surface area contributed by atoms with Gasteiger partial charge in [-0.1, -0.05) is 19.9 Å². The summed E-state index contributed by atoms with van der Waals surface area (Å²) in [5.41, 5.74) is 2.56. The van der Waals surface area contributed by atoms with Crippen molar-refractivity contribution in [3.05, 3.63) is 28.2 Å². The van der Waals surface area contributed by atoms with E-state index in [0.29, 0.717) is 6.04 Å². The van der Waals surface area contributed by atoms with E-state index >= 15 is 0 Å². The maximum atomic E-state index is 3.68. The molecule has 0 aliphatic rings. The molecule has 0 fully saturated rings. The van der Waals surface area contributed by atoms with Gasteiger partial charge < -0.3 is 15.1 Å². The van der Waals surface area contributed by atoms with Gasteiger partial charge in [0.25, 0.3) is 0 Å². The summed E-state index contributed by atoms with van der Waals surface area (Å²) in [5, 5.41) is 3.44. The summed E-state index contributed by atoms with van der Waals surface area (Å²) in [6, 6.07) is 7.11. The minimum absolute atomic E-state index is 0.515. The average molecular weight is 328 g/mol. The summed E-state index contributed by atoms with van der Waals surface area (Å²) in [5.74, 6) is 0. The molecule has 19 heavy (non-hydrogen) atoms. The van der Waals surface area contributed by atoms with Gasteiger partial charge in [-0.15, -0.1) is 0 Å². The van der Waals surface area contributed by atoms with Gasteiger partial charge in [0.15, 0.2) is 0 Å². The first kappa shape index (κ1) is 16.5. The third-order valence-corrected chi connectivity index (χ3v) is 3.66. The van der Waals surface area contributed by atoms with E-state index in [0.717, 1.165) is 24.1 Å². The fourth-order valence-corrected chi connectivity index (χ4v) is 2.49. The maximum absolute atomic E-state index is 3.68. The first-order chi connectivity index (χ1) is 8.90. The van der Waals surface area contributed by atoms with Crippen molar-refractivity contribution < 1.29 is 0 Å². The van der Waals surface area contributed by atoms with Gasteiger partial charge in [-0.3, -0.25) is 0 Å². The van der Waals surface area contributed by atoms with Crippen LogP contribution in [-0.4, -0.2) is 45.2 Å². The van der Waals surface area contributed by atoms with Crippen molar-refractivity contribution in [2.24, 2.45) is 0 Å². The number of likely N-dealkylation sites (N-methyl/N-ethyl adjacent to an activating group) is 2. The van der Waals surface area contributed by atoms with E-state index in [-0.39, 0.29) is 0 Å². The van der Waals surface area contributed by atoms with Crippen LogP contribution in [0.25, 0.3) is 0 Å². The van der Waals surface area contributed by atoms with Crippen LogP contribution in [0, 0.1) is 0 Å². The second kappa shape index (κ2) is 7.88. The Morgan fingerprint density at radius 2 is 1.84 bits per heavy atom. The number of halogens is 1. The molecule has 0 saturated heterocycles. The van der Waals surface area contributed by atoms with Crippen LogP contribution >= 0.6 is 15.9 Å². The lowest BCUT2D eigenvalue weighted by Crippen LogP contribution is -2.28. The molecule has 1 aromatic rings. The van der Waals surface area contributed by atoms with E-state index in [2.05, 4.69) is 84.2 Å². The molecule has 3 nitrogen and oxygen atoms in total. The van der Waals surface area contributed by atoms with E-state index in [4.69, 9.17) is 0 Å². The molecule has 1 N–H and O–H groups in total. The van der Waals surface area contributed by atoms with Crippen LogP contribution in [0.2, 0.25) is 0 Å². The molecule has 0 aliphatic heterocycles. The zero-order valence-electron chi connectivity index (χ0n) is 12.7. The molecule has 1 aromatic carbocycles. The second-order valence-electron chi connectivity index (χ2n) is 5.55. The van der Waals surface area contributed by atoms with E-state index < -0.39 is 0 Å². The van der Waals surface area contributed by atoms with E-state index in [1.54, 1.807) is 0 Å². The molecule has 108 valence electrons. The van der Waals surface area contributed by atoms with Gasteiger partial charge in [0.2, 0.25) is 0 Å². The normalized spacial score (nSPS) is 11.4. The predicted molar refractivity (Wildman–Crippen MR) is 87.9 cm³/mol. The topological polar surface area (TPSA) is 18.5 Å². The van der Waals surface area contributed by atoms with Crippen molar-refractivity contribution >= 4 is 21.6 Å². The van der Waals surface area contributed by atoms with Crippen molar-refractivity contribution in [3.63, 3.8) is 0 Å². The summed E-state index contributed by atoms with van der Waals surface area (Å²) in [6.45, 7) is 7.32. The second-order valence-corrected chi connectivity index (χ2v) is 6.40. The highest BCUT2D eigenvalue weighted by Gasteiger charge is 2.07. The maximum Gasteiger partial charge on any atom is 0.0508 e. The Hall–Kier alpha value is -0.580. The van der Waals surface area contributed by atoms with Gasteiger partial charge >= 0.3 is 0 Å². The Bertz CT molecular complexity index is 391. The van der Waals surface area contributed by atoms with Crippen LogP contribution in [-0.2, 0) is 6.54 Å². The molecule has 4 heteroatoms. The molecule has 1 rings (SSSR count). The minimum Gasteiger partial charge on any atom is -0.372 e. The molecule has 0 saturated carbocycles. The smallest absolute Gasteiger partial charge is 0.0508 e. The lowest BCUT2D eigenvalue weighted by atomic mass is 10.2. The fourth-order valence-electron chi connectivity index (χ4n) is 1.76. The molecular weight excluding hydrogens is 302 g/mol. The zero-order valence-corrected chi connectivity index (χ0v) is 14.3. The molecule has 0 radical (unpaired) electrons. The summed E-state index contributed by atoms with van der Waals surface area (Å²) < 4.78 is 1.16. The van der Waals surface area contributed by atoms with Gasteiger partial charge in [-0.25, -0.2) is 0 Å². The van der Waals surface area contributed by atoms with Crippen LogP contribution in [0.5, 0.6) is 0 Å². The summed E-state index contributed by atoms with van der Waals surface area (Å²) >= 11 is 3.68. The lowest BCUT2D eigenvalue weighted by molar-refractivity contribution is 0.416. The number of anilines is 1. The molecule has 0 heterocycles. The fraction of sp³-hybridized carbons (Fsp3) is 0.600. The number of nitrogens with one attached hydrogen (secondary N) is 1. The summed E-state index contributed by atoms with van der Waals surface area (Å²) in [6.07, 6.45) is 0. The van der Waals surface area contributed by atoms with Crippen LogP contribution in [0.1, 0.15) is 19.4 Å². The average Bonchev–Trinajstić information content (AvgIpc) is 2.33. The van der Waals surface area contributed by atoms with Gasteiger partial charge in [-0.2, -0.15) is 0 Å². The molecule has 0 unspecified atom stereocenters.